The van der Waals surface area contributed by atoms with Crippen molar-refractivity contribution >= 4 is 40.1 Å². The number of halogens is 1. The average molecular weight is 344 g/mol. The summed E-state index contributed by atoms with van der Waals surface area (Å²) in [6.07, 6.45) is 0.358. The van der Waals surface area contributed by atoms with Gasteiger partial charge in [0.25, 0.3) is 0 Å². The summed E-state index contributed by atoms with van der Waals surface area (Å²) >= 11 is 2.22. The number of anilines is 1. The van der Waals surface area contributed by atoms with E-state index >= 15 is 0 Å². The highest BCUT2D eigenvalue weighted by Gasteiger charge is 2.22. The fourth-order valence-electron chi connectivity index (χ4n) is 1.82. The van der Waals surface area contributed by atoms with Crippen molar-refractivity contribution in [2.45, 2.75) is 13.3 Å². The molecule has 1 aliphatic rings. The number of benzene rings is 1. The van der Waals surface area contributed by atoms with Gasteiger partial charge in [0.05, 0.1) is 6.54 Å². The van der Waals surface area contributed by atoms with Crippen molar-refractivity contribution in [2.24, 2.45) is 0 Å². The van der Waals surface area contributed by atoms with Gasteiger partial charge in [-0.05, 0) is 47.2 Å². The molecule has 2 amide bonds. The number of hydrogen-bond donors (Lipinski definition) is 1. The summed E-state index contributed by atoms with van der Waals surface area (Å²) in [5.41, 5.74) is 1.95. The molecule has 1 aromatic rings. The van der Waals surface area contributed by atoms with Crippen LogP contribution in [0.4, 0.5) is 5.69 Å². The van der Waals surface area contributed by atoms with Crippen LogP contribution < -0.4 is 10.2 Å². The molecule has 0 aliphatic carbocycles. The van der Waals surface area contributed by atoms with Crippen LogP contribution in [0.15, 0.2) is 18.2 Å². The Labute approximate surface area is 114 Å². The molecule has 17 heavy (non-hydrogen) atoms. The van der Waals surface area contributed by atoms with Gasteiger partial charge in [0, 0.05) is 22.2 Å². The van der Waals surface area contributed by atoms with Gasteiger partial charge in [0.1, 0.15) is 0 Å². The normalized spacial score (nSPS) is 16.7. The van der Waals surface area contributed by atoms with Crippen molar-refractivity contribution in [1.82, 2.24) is 5.32 Å². The zero-order valence-corrected chi connectivity index (χ0v) is 11.7. The SMILES string of the molecule is Cc1ccc(I)cc1N1CCC(=O)NCC1=O. The van der Waals surface area contributed by atoms with Crippen molar-refractivity contribution in [3.05, 3.63) is 27.3 Å². The highest BCUT2D eigenvalue weighted by Crippen LogP contribution is 2.23. The summed E-state index contributed by atoms with van der Waals surface area (Å²) < 4.78 is 1.08. The van der Waals surface area contributed by atoms with Crippen LogP contribution in [0.5, 0.6) is 0 Å². The molecule has 1 aliphatic heterocycles. The zero-order valence-electron chi connectivity index (χ0n) is 9.50. The van der Waals surface area contributed by atoms with Crippen LogP contribution in [0.2, 0.25) is 0 Å². The van der Waals surface area contributed by atoms with E-state index in [0.717, 1.165) is 14.8 Å². The number of hydrogen-bond acceptors (Lipinski definition) is 2. The first-order valence-corrected chi connectivity index (χ1v) is 6.49. The van der Waals surface area contributed by atoms with Crippen molar-refractivity contribution in [2.75, 3.05) is 18.0 Å². The Morgan fingerprint density at radius 2 is 2.12 bits per heavy atom. The van der Waals surface area contributed by atoms with E-state index in [2.05, 4.69) is 27.9 Å². The topological polar surface area (TPSA) is 49.4 Å². The minimum atomic E-state index is -0.0656. The molecule has 1 aromatic carbocycles. The first-order valence-electron chi connectivity index (χ1n) is 5.41. The standard InChI is InChI=1S/C12H13IN2O2/c1-8-2-3-9(13)6-10(8)15-5-4-11(16)14-7-12(15)17/h2-3,6H,4-5,7H2,1H3,(H,14,16). The number of rotatable bonds is 1. The zero-order chi connectivity index (χ0) is 12.4. The molecule has 0 spiro atoms. The van der Waals surface area contributed by atoms with E-state index < -0.39 is 0 Å². The van der Waals surface area contributed by atoms with Crippen LogP contribution in [-0.2, 0) is 9.59 Å². The minimum absolute atomic E-state index is 0.0547. The average Bonchev–Trinajstić information content (AvgIpc) is 2.46. The largest absolute Gasteiger partial charge is 0.347 e. The lowest BCUT2D eigenvalue weighted by atomic mass is 10.1. The Balaban J connectivity index is 2.34. The van der Waals surface area contributed by atoms with Gasteiger partial charge in [-0.1, -0.05) is 6.07 Å². The number of nitrogens with one attached hydrogen (secondary N) is 1. The number of amides is 2. The van der Waals surface area contributed by atoms with E-state index in [9.17, 15) is 9.59 Å². The summed E-state index contributed by atoms with van der Waals surface area (Å²) in [5, 5.41) is 2.60. The van der Waals surface area contributed by atoms with Crippen molar-refractivity contribution in [3.63, 3.8) is 0 Å². The fraction of sp³-hybridized carbons (Fsp3) is 0.333. The van der Waals surface area contributed by atoms with Gasteiger partial charge in [0.2, 0.25) is 11.8 Å². The molecule has 0 radical (unpaired) electrons. The van der Waals surface area contributed by atoms with Gasteiger partial charge in [-0.15, -0.1) is 0 Å². The molecule has 1 fully saturated rings. The van der Waals surface area contributed by atoms with Gasteiger partial charge < -0.3 is 10.2 Å². The molecule has 0 saturated carbocycles. The Morgan fingerprint density at radius 3 is 2.88 bits per heavy atom. The summed E-state index contributed by atoms with van der Waals surface area (Å²) in [4.78, 5) is 24.9. The molecule has 0 atom stereocenters. The third-order valence-electron chi connectivity index (χ3n) is 2.76. The van der Waals surface area contributed by atoms with E-state index in [1.807, 2.05) is 25.1 Å². The van der Waals surface area contributed by atoms with Crippen molar-refractivity contribution in [1.29, 1.82) is 0 Å². The maximum atomic E-state index is 11.9. The van der Waals surface area contributed by atoms with Gasteiger partial charge >= 0.3 is 0 Å². The van der Waals surface area contributed by atoms with Crippen molar-refractivity contribution in [3.8, 4) is 0 Å². The Bertz CT molecular complexity index is 474. The summed E-state index contributed by atoms with van der Waals surface area (Å²) in [5.74, 6) is -0.120. The lowest BCUT2D eigenvalue weighted by Crippen LogP contribution is -2.35. The third kappa shape index (κ3) is 2.77. The Hall–Kier alpha value is -1.11. The summed E-state index contributed by atoms with van der Waals surface area (Å²) in [6.45, 7) is 2.51. The van der Waals surface area contributed by atoms with E-state index in [4.69, 9.17) is 0 Å². The first kappa shape index (κ1) is 12.3. The predicted octanol–water partition coefficient (Wildman–Crippen LogP) is 1.45. The monoisotopic (exact) mass is 344 g/mol. The van der Waals surface area contributed by atoms with Crippen LogP contribution in [0, 0.1) is 10.5 Å². The van der Waals surface area contributed by atoms with Crippen LogP contribution in [0.1, 0.15) is 12.0 Å². The molecular formula is C12H13IN2O2. The number of nitrogens with zero attached hydrogens (tertiary/aromatic N) is 1. The molecule has 1 heterocycles. The molecule has 2 rings (SSSR count). The smallest absolute Gasteiger partial charge is 0.246 e. The second-order valence-electron chi connectivity index (χ2n) is 4.00. The molecular weight excluding hydrogens is 331 g/mol. The summed E-state index contributed by atoms with van der Waals surface area (Å²) in [6, 6.07) is 5.97. The lowest BCUT2D eigenvalue weighted by Gasteiger charge is -2.22. The van der Waals surface area contributed by atoms with E-state index in [1.165, 1.54) is 0 Å². The van der Waals surface area contributed by atoms with Crippen molar-refractivity contribution < 1.29 is 9.59 Å². The number of aryl methyl sites for hydroxylation is 1. The molecule has 1 N–H and O–H groups in total. The van der Waals surface area contributed by atoms with Crippen LogP contribution >= 0.6 is 22.6 Å². The maximum absolute atomic E-state index is 11.9. The molecule has 1 saturated heterocycles. The second-order valence-corrected chi connectivity index (χ2v) is 5.25. The Morgan fingerprint density at radius 1 is 1.35 bits per heavy atom. The van der Waals surface area contributed by atoms with Crippen LogP contribution in [0.25, 0.3) is 0 Å². The van der Waals surface area contributed by atoms with Gasteiger partial charge in [0.15, 0.2) is 0 Å². The molecule has 90 valence electrons. The van der Waals surface area contributed by atoms with Gasteiger partial charge in [-0.2, -0.15) is 0 Å². The lowest BCUT2D eigenvalue weighted by molar-refractivity contribution is -0.123. The minimum Gasteiger partial charge on any atom is -0.347 e. The highest BCUT2D eigenvalue weighted by atomic mass is 127. The van der Waals surface area contributed by atoms with Crippen LogP contribution in [0.3, 0.4) is 0 Å². The molecule has 4 nitrogen and oxygen atoms in total. The van der Waals surface area contributed by atoms with Gasteiger partial charge in [-0.3, -0.25) is 9.59 Å². The third-order valence-corrected chi connectivity index (χ3v) is 3.43. The van der Waals surface area contributed by atoms with Gasteiger partial charge in [-0.25, -0.2) is 0 Å². The molecule has 0 unspecified atom stereocenters. The highest BCUT2D eigenvalue weighted by molar-refractivity contribution is 14.1. The first-order chi connectivity index (χ1) is 8.08. The molecule has 5 heteroatoms. The van der Waals surface area contributed by atoms with E-state index in [0.29, 0.717) is 13.0 Å². The Kier molecular flexibility index (Phi) is 3.66. The summed E-state index contributed by atoms with van der Waals surface area (Å²) in [7, 11) is 0. The number of carbonyl (C=O) groups excluding carboxylic acids is 2. The molecule has 0 bridgehead atoms. The van der Waals surface area contributed by atoms with Crippen LogP contribution in [-0.4, -0.2) is 24.9 Å². The fourth-order valence-corrected chi connectivity index (χ4v) is 2.30. The molecule has 0 aromatic heterocycles. The second kappa shape index (κ2) is 5.03. The maximum Gasteiger partial charge on any atom is 0.246 e. The quantitative estimate of drug-likeness (QED) is 0.784. The number of carbonyl (C=O) groups is 2. The van der Waals surface area contributed by atoms with E-state index in [1.54, 1.807) is 4.90 Å². The predicted molar refractivity (Wildman–Crippen MR) is 73.9 cm³/mol. The van der Waals surface area contributed by atoms with E-state index in [-0.39, 0.29) is 18.4 Å².